The molecule has 1 N–H and O–H groups in total. The highest BCUT2D eigenvalue weighted by Gasteiger charge is 2.29. The predicted octanol–water partition coefficient (Wildman–Crippen LogP) is 0.311. The van der Waals surface area contributed by atoms with Gasteiger partial charge in [-0.15, -0.1) is 0 Å². The van der Waals surface area contributed by atoms with Crippen LogP contribution in [0.15, 0.2) is 0 Å². The van der Waals surface area contributed by atoms with Crippen molar-refractivity contribution in [1.29, 1.82) is 0 Å². The maximum Gasteiger partial charge on any atom is 0.318 e. The van der Waals surface area contributed by atoms with Crippen LogP contribution in [-0.2, 0) is 14.8 Å². The molecule has 108 valence electrons. The van der Waals surface area contributed by atoms with E-state index in [9.17, 15) is 13.2 Å². The molecule has 6 nitrogen and oxygen atoms in total. The van der Waals surface area contributed by atoms with Gasteiger partial charge in [-0.1, -0.05) is 20.8 Å². The summed E-state index contributed by atoms with van der Waals surface area (Å²) in [5.41, 5.74) is -0.395. The number of rotatable bonds is 7. The first-order valence-corrected chi connectivity index (χ1v) is 7.39. The fourth-order valence-electron chi connectivity index (χ4n) is 1.42. The number of nitrogens with zero attached hydrogens (tertiary/aromatic N) is 2. The minimum atomic E-state index is -3.54. The van der Waals surface area contributed by atoms with E-state index in [0.29, 0.717) is 6.54 Å². The molecular weight excluding hydrogens is 256 g/mol. The second kappa shape index (κ2) is 6.49. The van der Waals surface area contributed by atoms with Crippen LogP contribution in [0, 0.1) is 5.41 Å². The lowest BCUT2D eigenvalue weighted by Gasteiger charge is -2.26. The van der Waals surface area contributed by atoms with Gasteiger partial charge in [-0.3, -0.25) is 4.79 Å². The average molecular weight is 280 g/mol. The van der Waals surface area contributed by atoms with Crippen molar-refractivity contribution >= 4 is 16.0 Å². The van der Waals surface area contributed by atoms with Gasteiger partial charge in [-0.2, -0.15) is 4.31 Å². The van der Waals surface area contributed by atoms with Crippen LogP contribution in [0.4, 0.5) is 0 Å². The van der Waals surface area contributed by atoms with E-state index in [-0.39, 0.29) is 12.3 Å². The summed E-state index contributed by atoms with van der Waals surface area (Å²) in [6.45, 7) is 5.65. The molecule has 7 heteroatoms. The van der Waals surface area contributed by atoms with Crippen LogP contribution in [0.3, 0.4) is 0 Å². The van der Waals surface area contributed by atoms with Gasteiger partial charge in [0.15, 0.2) is 0 Å². The highest BCUT2D eigenvalue weighted by Crippen LogP contribution is 2.18. The Morgan fingerprint density at radius 1 is 1.17 bits per heavy atom. The summed E-state index contributed by atoms with van der Waals surface area (Å²) in [6.07, 6.45) is 0. The van der Waals surface area contributed by atoms with Crippen molar-refractivity contribution in [2.24, 2.45) is 5.41 Å². The molecule has 0 aliphatic carbocycles. The Kier molecular flexibility index (Phi) is 6.25. The molecule has 0 heterocycles. The van der Waals surface area contributed by atoms with E-state index >= 15 is 0 Å². The molecule has 0 fully saturated rings. The highest BCUT2D eigenvalue weighted by molar-refractivity contribution is 7.89. The Balaban J connectivity index is 4.88. The largest absolute Gasteiger partial charge is 0.480 e. The van der Waals surface area contributed by atoms with E-state index in [4.69, 9.17) is 5.11 Å². The molecular formula is C11H24N2O4S. The summed E-state index contributed by atoms with van der Waals surface area (Å²) in [6, 6.07) is 0. The smallest absolute Gasteiger partial charge is 0.318 e. The molecule has 0 aromatic heterocycles. The number of hydrogen-bond donors (Lipinski definition) is 1. The van der Waals surface area contributed by atoms with Crippen molar-refractivity contribution in [1.82, 2.24) is 9.21 Å². The number of carbonyl (C=O) groups is 1. The van der Waals surface area contributed by atoms with Gasteiger partial charge in [-0.05, 0) is 19.5 Å². The molecule has 0 aliphatic rings. The zero-order valence-corrected chi connectivity index (χ0v) is 12.6. The minimum absolute atomic E-state index is 0.0549. The minimum Gasteiger partial charge on any atom is -0.480 e. The first-order valence-electron chi connectivity index (χ1n) is 5.78. The molecule has 0 spiro atoms. The fraction of sp³-hybridized carbons (Fsp3) is 0.909. The van der Waals surface area contributed by atoms with E-state index < -0.39 is 28.0 Å². The Morgan fingerprint density at radius 3 is 2.00 bits per heavy atom. The molecule has 0 rings (SSSR count). The lowest BCUT2D eigenvalue weighted by Crippen LogP contribution is -2.43. The van der Waals surface area contributed by atoms with Crippen molar-refractivity contribution in [3.05, 3.63) is 0 Å². The SMILES string of the molecule is CN(C)CCN(CC(=O)O)S(=O)(=O)CC(C)(C)C. The average Bonchev–Trinajstić information content (AvgIpc) is 2.06. The zero-order valence-electron chi connectivity index (χ0n) is 11.8. The highest BCUT2D eigenvalue weighted by atomic mass is 32.2. The van der Waals surface area contributed by atoms with Gasteiger partial charge in [0.25, 0.3) is 0 Å². The van der Waals surface area contributed by atoms with Gasteiger partial charge in [0.1, 0.15) is 6.54 Å². The summed E-state index contributed by atoms with van der Waals surface area (Å²) < 4.78 is 25.3. The molecule has 0 bridgehead atoms. The first-order chi connectivity index (χ1) is 7.94. The Hall–Kier alpha value is -0.660. The summed E-state index contributed by atoms with van der Waals surface area (Å²) in [5.74, 6) is -1.19. The topological polar surface area (TPSA) is 77.9 Å². The van der Waals surface area contributed by atoms with E-state index in [2.05, 4.69) is 0 Å². The van der Waals surface area contributed by atoms with Gasteiger partial charge in [0.2, 0.25) is 10.0 Å². The van der Waals surface area contributed by atoms with Crippen molar-refractivity contribution in [2.45, 2.75) is 20.8 Å². The molecule has 0 aliphatic heterocycles. The van der Waals surface area contributed by atoms with Crippen LogP contribution < -0.4 is 0 Å². The third-order valence-electron chi connectivity index (χ3n) is 2.12. The Labute approximate surface area is 110 Å². The third-order valence-corrected chi connectivity index (χ3v) is 4.45. The number of sulfonamides is 1. The molecule has 0 amide bonds. The van der Waals surface area contributed by atoms with Crippen molar-refractivity contribution in [2.75, 3.05) is 39.5 Å². The molecule has 0 radical (unpaired) electrons. The van der Waals surface area contributed by atoms with E-state index in [1.165, 1.54) is 0 Å². The van der Waals surface area contributed by atoms with Crippen LogP contribution in [-0.4, -0.2) is 68.2 Å². The Bertz CT molecular complexity index is 371. The summed E-state index contributed by atoms with van der Waals surface area (Å²) in [4.78, 5) is 12.6. The maximum absolute atomic E-state index is 12.1. The van der Waals surface area contributed by atoms with Crippen LogP contribution in [0.2, 0.25) is 0 Å². The second-order valence-electron chi connectivity index (χ2n) is 5.85. The van der Waals surface area contributed by atoms with Gasteiger partial charge < -0.3 is 10.0 Å². The standard InChI is InChI=1S/C11H24N2O4S/c1-11(2,3)9-18(16,17)13(8-10(14)15)7-6-12(4)5/h6-9H2,1-5H3,(H,14,15). The lowest BCUT2D eigenvalue weighted by atomic mass is 10.0. The number of carboxylic acid groups (broad SMARTS) is 1. The predicted molar refractivity (Wildman–Crippen MR) is 71.0 cm³/mol. The first kappa shape index (κ1) is 17.3. The van der Waals surface area contributed by atoms with Crippen LogP contribution in [0.25, 0.3) is 0 Å². The van der Waals surface area contributed by atoms with Gasteiger partial charge >= 0.3 is 5.97 Å². The summed E-state index contributed by atoms with van der Waals surface area (Å²) in [7, 11) is 0.0846. The number of aliphatic carboxylic acids is 1. The molecule has 0 unspecified atom stereocenters. The Morgan fingerprint density at radius 2 is 1.67 bits per heavy atom. The monoisotopic (exact) mass is 280 g/mol. The van der Waals surface area contributed by atoms with E-state index in [0.717, 1.165) is 4.31 Å². The number of carboxylic acids is 1. The normalized spacial score (nSPS) is 13.3. The summed E-state index contributed by atoms with van der Waals surface area (Å²) >= 11 is 0. The van der Waals surface area contributed by atoms with Gasteiger partial charge in [0, 0.05) is 13.1 Å². The maximum atomic E-state index is 12.1. The van der Waals surface area contributed by atoms with Gasteiger partial charge in [0.05, 0.1) is 5.75 Å². The van der Waals surface area contributed by atoms with Crippen LogP contribution in [0.1, 0.15) is 20.8 Å². The molecule has 0 atom stereocenters. The fourth-order valence-corrected chi connectivity index (χ4v) is 3.36. The lowest BCUT2D eigenvalue weighted by molar-refractivity contribution is -0.137. The van der Waals surface area contributed by atoms with Gasteiger partial charge in [-0.25, -0.2) is 8.42 Å². The van der Waals surface area contributed by atoms with Crippen molar-refractivity contribution < 1.29 is 18.3 Å². The molecule has 0 aromatic rings. The third kappa shape index (κ3) is 7.62. The molecule has 0 aromatic carbocycles. The quantitative estimate of drug-likeness (QED) is 0.726. The van der Waals surface area contributed by atoms with Crippen molar-refractivity contribution in [3.8, 4) is 0 Å². The zero-order chi connectivity index (χ0) is 14.6. The molecule has 0 saturated heterocycles. The number of likely N-dealkylation sites (N-methyl/N-ethyl adjacent to an activating group) is 1. The van der Waals surface area contributed by atoms with E-state index in [1.807, 2.05) is 39.8 Å². The van der Waals surface area contributed by atoms with E-state index in [1.54, 1.807) is 0 Å². The summed E-state index contributed by atoms with van der Waals surface area (Å²) in [5, 5.41) is 8.79. The molecule has 18 heavy (non-hydrogen) atoms. The van der Waals surface area contributed by atoms with Crippen LogP contribution >= 0.6 is 0 Å². The molecule has 0 saturated carbocycles. The van der Waals surface area contributed by atoms with Crippen LogP contribution in [0.5, 0.6) is 0 Å². The number of hydrogen-bond acceptors (Lipinski definition) is 4. The van der Waals surface area contributed by atoms with Crippen molar-refractivity contribution in [3.63, 3.8) is 0 Å². The second-order valence-corrected chi connectivity index (χ2v) is 7.82.